The van der Waals surface area contributed by atoms with E-state index in [0.717, 1.165) is 25.7 Å². The summed E-state index contributed by atoms with van der Waals surface area (Å²) in [4.78, 5) is 85.4. The molecule has 0 aliphatic rings. The fourth-order valence-corrected chi connectivity index (χ4v) is 3.98. The maximum absolute atomic E-state index is 10.8. The van der Waals surface area contributed by atoms with Crippen LogP contribution in [0.25, 0.3) is 0 Å². The second-order valence-electron chi connectivity index (χ2n) is 11.7. The predicted molar refractivity (Wildman–Crippen MR) is 207 cm³/mol. The van der Waals surface area contributed by atoms with Gasteiger partial charge in [-0.15, -0.1) is 0 Å². The Labute approximate surface area is 399 Å². The van der Waals surface area contributed by atoms with Gasteiger partial charge in [-0.05, 0) is 103 Å². The second-order valence-corrected chi connectivity index (χ2v) is 11.7. The van der Waals surface area contributed by atoms with Crippen molar-refractivity contribution < 1.29 is 58.8 Å². The van der Waals surface area contributed by atoms with Crippen molar-refractivity contribution in [1.29, 1.82) is 0 Å². The quantitative estimate of drug-likeness (QED) is 0.0256. The van der Waals surface area contributed by atoms with Gasteiger partial charge in [0.15, 0.2) is 0 Å². The largest absolute Gasteiger partial charge is 2.00 e. The van der Waals surface area contributed by atoms with Crippen LogP contribution in [-0.4, -0.2) is 200 Å². The number of rotatable bonds is 28. The molecule has 4 amide bonds. The Morgan fingerprint density at radius 3 is 0.586 bits per heavy atom. The molecule has 0 fully saturated rings. The molecular formula is C32H64Ca2N12O12. The molecule has 4 atom stereocenters. The molecule has 0 aromatic rings. The summed E-state index contributed by atoms with van der Waals surface area (Å²) < 4.78 is 0. The number of nitrogens with one attached hydrogen (secondary N) is 4. The van der Waals surface area contributed by atoms with E-state index in [1.54, 1.807) is 0 Å². The summed E-state index contributed by atoms with van der Waals surface area (Å²) in [7, 11) is 0. The van der Waals surface area contributed by atoms with Crippen LogP contribution >= 0.6 is 0 Å². The Balaban J connectivity index is -0.000000154. The third-order valence-electron chi connectivity index (χ3n) is 7.01. The van der Waals surface area contributed by atoms with E-state index in [4.69, 9.17) is 45.9 Å². The molecule has 26 heteroatoms. The van der Waals surface area contributed by atoms with Gasteiger partial charge in [0, 0.05) is 0 Å². The smallest absolute Gasteiger partial charge is 0.548 e. The van der Waals surface area contributed by atoms with Gasteiger partial charge in [-0.1, -0.05) is 0 Å². The normalized spacial score (nSPS) is 11.7. The zero-order chi connectivity index (χ0) is 43.9. The first-order valence-corrected chi connectivity index (χ1v) is 18.1. The Hall–Kier alpha value is -2.04. The van der Waals surface area contributed by atoms with Crippen molar-refractivity contribution in [3.63, 3.8) is 0 Å². The molecule has 0 heterocycles. The minimum Gasteiger partial charge on any atom is -0.548 e. The van der Waals surface area contributed by atoms with Gasteiger partial charge in [0.05, 0.1) is 74.2 Å². The number of hydrogen-bond acceptors (Lipinski definition) is 20. The minimum absolute atomic E-state index is 0. The second kappa shape index (κ2) is 47.6. The monoisotopic (exact) mass is 888 g/mol. The number of nitrogens with two attached hydrogens (primary N) is 8. The zero-order valence-corrected chi connectivity index (χ0v) is 37.8. The molecule has 0 unspecified atom stereocenters. The molecule has 0 spiro atoms. The average molecular weight is 889 g/mol. The van der Waals surface area contributed by atoms with E-state index in [1.165, 1.54) is 0 Å². The van der Waals surface area contributed by atoms with E-state index in [-0.39, 0.29) is 102 Å². The predicted octanol–water partition coefficient (Wildman–Crippen LogP) is -11.5. The molecule has 0 rings (SSSR count). The number of carbonyl (C=O) groups is 8. The SMILES string of the molecule is NCCCC[C@H](NC(=O)CN)C(=O)[O-].NCCCC[C@H](NC(=O)CN)C(=O)[O-].NCCCC[C@H](NC(=O)CN)C(=O)[O-].NCCCC[C@H](NC(=O)CN)C(=O)[O-].[Ca+2].[Ca+2]. The molecule has 58 heavy (non-hydrogen) atoms. The Morgan fingerprint density at radius 2 is 0.483 bits per heavy atom. The average Bonchev–Trinajstić information content (AvgIpc) is 3.16. The maximum atomic E-state index is 10.8. The fourth-order valence-electron chi connectivity index (χ4n) is 3.98. The summed E-state index contributed by atoms with van der Waals surface area (Å²) in [5.74, 6) is -7.13. The molecule has 20 N–H and O–H groups in total. The van der Waals surface area contributed by atoms with Crippen LogP contribution < -0.4 is 87.6 Å². The summed E-state index contributed by atoms with van der Waals surface area (Å²) >= 11 is 0. The number of carboxylic acid groups (broad SMARTS) is 4. The van der Waals surface area contributed by atoms with Gasteiger partial charge in [-0.2, -0.15) is 0 Å². The van der Waals surface area contributed by atoms with Crippen LogP contribution in [0.3, 0.4) is 0 Å². The Kier molecular flexibility index (Phi) is 55.6. The molecular weight excluding hydrogens is 825 g/mol. The summed E-state index contributed by atoms with van der Waals surface area (Å²) in [5, 5.41) is 51.2. The number of unbranched alkanes of at least 4 members (excludes halogenated alkanes) is 4. The fraction of sp³-hybridized carbons (Fsp3) is 0.750. The van der Waals surface area contributed by atoms with Gasteiger partial charge in [-0.3, -0.25) is 19.2 Å². The van der Waals surface area contributed by atoms with Crippen LogP contribution in [0.2, 0.25) is 0 Å². The Bertz CT molecular complexity index is 966. The van der Waals surface area contributed by atoms with Crippen LogP contribution in [0.4, 0.5) is 0 Å². The summed E-state index contributed by atoms with van der Waals surface area (Å²) in [6, 6.07) is -3.84. The first kappa shape index (κ1) is 67.7. The van der Waals surface area contributed by atoms with E-state index in [1.807, 2.05) is 0 Å². The van der Waals surface area contributed by atoms with E-state index in [0.29, 0.717) is 77.5 Å². The molecule has 0 aliphatic heterocycles. The van der Waals surface area contributed by atoms with Crippen LogP contribution in [0, 0.1) is 0 Å². The number of hydrogen-bond donors (Lipinski definition) is 12. The van der Waals surface area contributed by atoms with Gasteiger partial charge in [0.2, 0.25) is 23.6 Å². The van der Waals surface area contributed by atoms with Crippen LogP contribution in [0.15, 0.2) is 0 Å². The molecule has 328 valence electrons. The van der Waals surface area contributed by atoms with Crippen molar-refractivity contribution in [3.05, 3.63) is 0 Å². The first-order chi connectivity index (χ1) is 26.5. The van der Waals surface area contributed by atoms with Crippen molar-refractivity contribution in [2.24, 2.45) is 45.9 Å². The van der Waals surface area contributed by atoms with Gasteiger partial charge < -0.3 is 107 Å². The van der Waals surface area contributed by atoms with Gasteiger partial charge >= 0.3 is 75.5 Å². The zero-order valence-electron chi connectivity index (χ0n) is 33.4. The summed E-state index contributed by atoms with van der Waals surface area (Å²) in [5.41, 5.74) is 41.1. The molecule has 0 aromatic carbocycles. The summed E-state index contributed by atoms with van der Waals surface area (Å²) in [6.07, 6.45) is 6.75. The van der Waals surface area contributed by atoms with E-state index >= 15 is 0 Å². The van der Waals surface area contributed by atoms with Crippen molar-refractivity contribution >= 4 is 123 Å². The van der Waals surface area contributed by atoms with Crippen molar-refractivity contribution in [2.75, 3.05) is 52.4 Å². The van der Waals surface area contributed by atoms with Crippen molar-refractivity contribution in [1.82, 2.24) is 21.3 Å². The first-order valence-electron chi connectivity index (χ1n) is 18.1. The van der Waals surface area contributed by atoms with Crippen molar-refractivity contribution in [3.8, 4) is 0 Å². The van der Waals surface area contributed by atoms with E-state index in [9.17, 15) is 58.8 Å². The molecule has 24 nitrogen and oxygen atoms in total. The van der Waals surface area contributed by atoms with E-state index < -0.39 is 71.7 Å². The van der Waals surface area contributed by atoms with Crippen LogP contribution in [0.5, 0.6) is 0 Å². The molecule has 0 radical (unpaired) electrons. The molecule has 0 bridgehead atoms. The molecule has 0 aliphatic carbocycles. The molecule has 0 saturated carbocycles. The van der Waals surface area contributed by atoms with Crippen LogP contribution in [-0.2, 0) is 38.4 Å². The number of aliphatic carboxylic acids is 4. The topological polar surface area (TPSA) is 485 Å². The third-order valence-corrected chi connectivity index (χ3v) is 7.01. The number of carbonyl (C=O) groups excluding carboxylic acids is 8. The maximum Gasteiger partial charge on any atom is 2.00 e. The minimum atomic E-state index is -1.29. The van der Waals surface area contributed by atoms with Gasteiger partial charge in [-0.25, -0.2) is 0 Å². The van der Waals surface area contributed by atoms with Crippen molar-refractivity contribution in [2.45, 2.75) is 101 Å². The third kappa shape index (κ3) is 45.1. The number of amides is 4. The van der Waals surface area contributed by atoms with E-state index in [2.05, 4.69) is 21.3 Å². The standard InChI is InChI=1S/4C8H17N3O3.2Ca/c4*9-4-2-1-3-6(8(13)14)11-7(12)5-10;;/h4*6H,1-5,9-10H2,(H,11,12)(H,13,14);;/q;;;;2*+2/p-4/t4*6-;;/m0000../s1. The van der Waals surface area contributed by atoms with Gasteiger partial charge in [0.1, 0.15) is 0 Å². The molecule has 0 aromatic heterocycles. The summed E-state index contributed by atoms with van der Waals surface area (Å²) in [6.45, 7) is 1.13. The van der Waals surface area contributed by atoms with Gasteiger partial charge in [0.25, 0.3) is 0 Å². The Morgan fingerprint density at radius 1 is 0.328 bits per heavy atom. The molecule has 0 saturated heterocycles. The van der Waals surface area contributed by atoms with Crippen LogP contribution in [0.1, 0.15) is 77.0 Å². The number of carboxylic acids is 4.